The molecular formula is C13H22N2O3S. The normalized spacial score (nSPS) is 11.5. The number of hydrogen-bond acceptors (Lipinski definition) is 4. The van der Waals surface area contributed by atoms with Gasteiger partial charge in [0.15, 0.2) is 0 Å². The summed E-state index contributed by atoms with van der Waals surface area (Å²) in [5.41, 5.74) is 0.932. The zero-order valence-electron chi connectivity index (χ0n) is 11.5. The molecule has 1 rings (SSSR count). The molecule has 6 heteroatoms. The standard InChI is InChI=1S/C13H22N2O3S/c1-14-19(16,17)13-8-6-12(7-9-13)15-10-4-3-5-11-18-2/h6-9,14-15H,3-5,10-11H2,1-2H3. The van der Waals surface area contributed by atoms with Gasteiger partial charge >= 0.3 is 0 Å². The average molecular weight is 286 g/mol. The molecule has 0 aliphatic rings. The van der Waals surface area contributed by atoms with E-state index < -0.39 is 10.0 Å². The molecule has 0 saturated carbocycles. The van der Waals surface area contributed by atoms with Crippen LogP contribution in [0.3, 0.4) is 0 Å². The Balaban J connectivity index is 2.37. The van der Waals surface area contributed by atoms with Gasteiger partial charge in [0.25, 0.3) is 0 Å². The van der Waals surface area contributed by atoms with Crippen LogP contribution in [0.1, 0.15) is 19.3 Å². The average Bonchev–Trinajstić information content (AvgIpc) is 2.43. The summed E-state index contributed by atoms with van der Waals surface area (Å²) in [7, 11) is -0.230. The summed E-state index contributed by atoms with van der Waals surface area (Å²) in [6.07, 6.45) is 3.25. The first kappa shape index (κ1) is 15.9. The minimum atomic E-state index is -3.34. The minimum Gasteiger partial charge on any atom is -0.385 e. The molecular weight excluding hydrogens is 264 g/mol. The van der Waals surface area contributed by atoms with Gasteiger partial charge in [0.05, 0.1) is 4.90 Å². The lowest BCUT2D eigenvalue weighted by Crippen LogP contribution is -2.18. The van der Waals surface area contributed by atoms with Crippen molar-refractivity contribution in [2.75, 3.05) is 32.6 Å². The highest BCUT2D eigenvalue weighted by atomic mass is 32.2. The number of hydrogen-bond donors (Lipinski definition) is 2. The van der Waals surface area contributed by atoms with Crippen molar-refractivity contribution in [3.8, 4) is 0 Å². The highest BCUT2D eigenvalue weighted by Crippen LogP contribution is 2.13. The highest BCUT2D eigenvalue weighted by Gasteiger charge is 2.09. The van der Waals surface area contributed by atoms with Crippen LogP contribution in [0, 0.1) is 0 Å². The van der Waals surface area contributed by atoms with Crippen LogP contribution in [0.25, 0.3) is 0 Å². The predicted octanol–water partition coefficient (Wildman–Crippen LogP) is 1.82. The summed E-state index contributed by atoms with van der Waals surface area (Å²) in [5, 5.41) is 3.26. The van der Waals surface area contributed by atoms with Crippen LogP contribution in [-0.2, 0) is 14.8 Å². The van der Waals surface area contributed by atoms with E-state index >= 15 is 0 Å². The molecule has 1 aromatic carbocycles. The zero-order valence-corrected chi connectivity index (χ0v) is 12.3. The van der Waals surface area contributed by atoms with Crippen molar-refractivity contribution in [3.05, 3.63) is 24.3 Å². The second-order valence-electron chi connectivity index (χ2n) is 4.21. The van der Waals surface area contributed by atoms with Crippen molar-refractivity contribution >= 4 is 15.7 Å². The first-order chi connectivity index (χ1) is 9.10. The smallest absolute Gasteiger partial charge is 0.240 e. The van der Waals surface area contributed by atoms with Gasteiger partial charge in [-0.1, -0.05) is 0 Å². The van der Waals surface area contributed by atoms with Crippen LogP contribution in [0.4, 0.5) is 5.69 Å². The summed E-state index contributed by atoms with van der Waals surface area (Å²) >= 11 is 0. The Hall–Kier alpha value is -1.11. The lowest BCUT2D eigenvalue weighted by Gasteiger charge is -2.07. The fourth-order valence-corrected chi connectivity index (χ4v) is 2.38. The fraction of sp³-hybridized carbons (Fsp3) is 0.538. The SMILES string of the molecule is CNS(=O)(=O)c1ccc(NCCCCCOC)cc1. The van der Waals surface area contributed by atoms with E-state index in [4.69, 9.17) is 4.74 Å². The maximum Gasteiger partial charge on any atom is 0.240 e. The Kier molecular flexibility index (Phi) is 6.83. The maximum atomic E-state index is 11.5. The molecule has 0 atom stereocenters. The van der Waals surface area contributed by atoms with Crippen molar-refractivity contribution in [2.45, 2.75) is 24.2 Å². The Labute approximate surface area is 115 Å². The van der Waals surface area contributed by atoms with Crippen molar-refractivity contribution in [3.63, 3.8) is 0 Å². The molecule has 108 valence electrons. The Morgan fingerprint density at radius 2 is 1.79 bits per heavy atom. The number of benzene rings is 1. The zero-order chi connectivity index (χ0) is 14.1. The largest absolute Gasteiger partial charge is 0.385 e. The number of sulfonamides is 1. The van der Waals surface area contributed by atoms with Gasteiger partial charge in [-0.15, -0.1) is 0 Å². The van der Waals surface area contributed by atoms with E-state index in [1.54, 1.807) is 31.4 Å². The molecule has 0 fully saturated rings. The molecule has 19 heavy (non-hydrogen) atoms. The monoisotopic (exact) mass is 286 g/mol. The van der Waals surface area contributed by atoms with Crippen LogP contribution in [0.15, 0.2) is 29.2 Å². The quantitative estimate of drug-likeness (QED) is 0.680. The van der Waals surface area contributed by atoms with E-state index in [2.05, 4.69) is 10.0 Å². The summed E-state index contributed by atoms with van der Waals surface area (Å²) in [6.45, 7) is 1.68. The third-order valence-corrected chi connectivity index (χ3v) is 4.22. The van der Waals surface area contributed by atoms with Gasteiger partial charge < -0.3 is 10.1 Å². The molecule has 2 N–H and O–H groups in total. The van der Waals surface area contributed by atoms with Crippen LogP contribution >= 0.6 is 0 Å². The molecule has 0 amide bonds. The lowest BCUT2D eigenvalue weighted by molar-refractivity contribution is 0.192. The number of ether oxygens (including phenoxy) is 1. The van der Waals surface area contributed by atoms with Crippen molar-refractivity contribution in [2.24, 2.45) is 0 Å². The van der Waals surface area contributed by atoms with Crippen molar-refractivity contribution < 1.29 is 13.2 Å². The van der Waals surface area contributed by atoms with Crippen molar-refractivity contribution in [1.29, 1.82) is 0 Å². The Morgan fingerprint density at radius 1 is 1.11 bits per heavy atom. The van der Waals surface area contributed by atoms with Gasteiger partial charge in [-0.3, -0.25) is 0 Å². The van der Waals surface area contributed by atoms with E-state index in [1.165, 1.54) is 7.05 Å². The second-order valence-corrected chi connectivity index (χ2v) is 6.10. The summed E-state index contributed by atoms with van der Waals surface area (Å²) < 4.78 is 30.3. The van der Waals surface area contributed by atoms with Gasteiger partial charge in [0.1, 0.15) is 0 Å². The van der Waals surface area contributed by atoms with Gasteiger partial charge in [0, 0.05) is 25.9 Å². The molecule has 0 heterocycles. The Bertz CT molecular complexity index is 457. The van der Waals surface area contributed by atoms with Crippen molar-refractivity contribution in [1.82, 2.24) is 4.72 Å². The molecule has 0 saturated heterocycles. The predicted molar refractivity (Wildman–Crippen MR) is 76.9 cm³/mol. The number of anilines is 1. The van der Waals surface area contributed by atoms with Crippen LogP contribution in [-0.4, -0.2) is 35.7 Å². The maximum absolute atomic E-state index is 11.5. The van der Waals surface area contributed by atoms with E-state index in [-0.39, 0.29) is 4.90 Å². The van der Waals surface area contributed by atoms with Gasteiger partial charge in [-0.2, -0.15) is 0 Å². The van der Waals surface area contributed by atoms with Gasteiger partial charge in [0.2, 0.25) is 10.0 Å². The highest BCUT2D eigenvalue weighted by molar-refractivity contribution is 7.89. The topological polar surface area (TPSA) is 67.4 Å². The molecule has 0 bridgehead atoms. The van der Waals surface area contributed by atoms with Crippen LogP contribution < -0.4 is 10.0 Å². The van der Waals surface area contributed by atoms with E-state index in [0.717, 1.165) is 38.1 Å². The molecule has 1 aromatic rings. The first-order valence-corrected chi connectivity index (χ1v) is 7.85. The van der Waals surface area contributed by atoms with Crippen LogP contribution in [0.5, 0.6) is 0 Å². The summed E-state index contributed by atoms with van der Waals surface area (Å²) in [6, 6.07) is 6.75. The van der Waals surface area contributed by atoms with Crippen LogP contribution in [0.2, 0.25) is 0 Å². The molecule has 5 nitrogen and oxygen atoms in total. The molecule has 0 aliphatic carbocycles. The lowest BCUT2D eigenvalue weighted by atomic mass is 10.2. The molecule has 0 aromatic heterocycles. The molecule has 0 radical (unpaired) electrons. The summed E-state index contributed by atoms with van der Waals surface area (Å²) in [4.78, 5) is 0.278. The second kappa shape index (κ2) is 8.14. The van der Waals surface area contributed by atoms with E-state index in [9.17, 15) is 8.42 Å². The summed E-state index contributed by atoms with van der Waals surface area (Å²) in [5.74, 6) is 0. The number of nitrogens with one attached hydrogen (secondary N) is 2. The third kappa shape index (κ3) is 5.59. The third-order valence-electron chi connectivity index (χ3n) is 2.79. The molecule has 0 unspecified atom stereocenters. The number of methoxy groups -OCH3 is 1. The van der Waals surface area contributed by atoms with E-state index in [0.29, 0.717) is 0 Å². The number of unbranched alkanes of at least 4 members (excludes halogenated alkanes) is 2. The van der Waals surface area contributed by atoms with Gasteiger partial charge in [-0.25, -0.2) is 13.1 Å². The van der Waals surface area contributed by atoms with E-state index in [1.807, 2.05) is 0 Å². The molecule has 0 aliphatic heterocycles. The molecule has 0 spiro atoms. The van der Waals surface area contributed by atoms with Gasteiger partial charge in [-0.05, 0) is 50.6 Å². The number of rotatable bonds is 9. The fourth-order valence-electron chi connectivity index (χ4n) is 1.65. The minimum absolute atomic E-state index is 0.278. The first-order valence-electron chi connectivity index (χ1n) is 6.36. The Morgan fingerprint density at radius 3 is 2.37 bits per heavy atom.